The van der Waals surface area contributed by atoms with Crippen molar-refractivity contribution in [3.8, 4) is 11.4 Å². The van der Waals surface area contributed by atoms with Crippen LogP contribution in [0.3, 0.4) is 0 Å². The van der Waals surface area contributed by atoms with Gasteiger partial charge in [-0.3, -0.25) is 10.4 Å². The van der Waals surface area contributed by atoms with E-state index in [-0.39, 0.29) is 6.17 Å². The molecule has 156 valence electrons. The van der Waals surface area contributed by atoms with Gasteiger partial charge in [0.2, 0.25) is 0 Å². The summed E-state index contributed by atoms with van der Waals surface area (Å²) in [7, 11) is 0. The van der Waals surface area contributed by atoms with Crippen molar-refractivity contribution in [2.45, 2.75) is 50.7 Å². The molecule has 2 saturated heterocycles. The number of fused-ring (bicyclic) bond motifs is 3. The summed E-state index contributed by atoms with van der Waals surface area (Å²) in [6, 6.07) is 4.48. The maximum atomic E-state index is 6.02. The van der Waals surface area contributed by atoms with Crippen molar-refractivity contribution in [2.24, 2.45) is 11.7 Å². The number of aromatic nitrogens is 3. The van der Waals surface area contributed by atoms with Gasteiger partial charge in [-0.2, -0.15) is 0 Å². The van der Waals surface area contributed by atoms with Crippen molar-refractivity contribution >= 4 is 27.4 Å². The van der Waals surface area contributed by atoms with E-state index in [4.69, 9.17) is 15.7 Å². The van der Waals surface area contributed by atoms with Crippen molar-refractivity contribution in [1.82, 2.24) is 25.8 Å². The molecule has 0 radical (unpaired) electrons. The fourth-order valence-corrected chi connectivity index (χ4v) is 6.51. The van der Waals surface area contributed by atoms with E-state index in [0.29, 0.717) is 12.0 Å². The number of hydrazine groups is 1. The van der Waals surface area contributed by atoms with Gasteiger partial charge in [0.15, 0.2) is 5.82 Å². The third kappa shape index (κ3) is 3.19. The molecule has 1 aliphatic carbocycles. The predicted octanol–water partition coefficient (Wildman–Crippen LogP) is 2.61. The Hall–Kier alpha value is -2.13. The van der Waals surface area contributed by atoms with Gasteiger partial charge in [0.05, 0.1) is 11.6 Å². The van der Waals surface area contributed by atoms with Crippen molar-refractivity contribution in [1.29, 1.82) is 0 Å². The van der Waals surface area contributed by atoms with Gasteiger partial charge in [0.25, 0.3) is 0 Å². The van der Waals surface area contributed by atoms with E-state index in [1.54, 1.807) is 6.20 Å². The lowest BCUT2D eigenvalue weighted by Crippen LogP contribution is -2.43. The molecule has 8 heteroatoms. The van der Waals surface area contributed by atoms with E-state index in [0.717, 1.165) is 60.8 Å². The van der Waals surface area contributed by atoms with Gasteiger partial charge in [-0.1, -0.05) is 0 Å². The molecule has 0 spiro atoms. The van der Waals surface area contributed by atoms with Crippen LogP contribution in [0.4, 0.5) is 5.82 Å². The first-order valence-electron chi connectivity index (χ1n) is 11.0. The van der Waals surface area contributed by atoms with Gasteiger partial charge in [-0.25, -0.2) is 15.4 Å². The third-order valence-electron chi connectivity index (χ3n) is 6.84. The van der Waals surface area contributed by atoms with Crippen LogP contribution in [0.1, 0.15) is 36.1 Å². The van der Waals surface area contributed by atoms with Crippen LogP contribution in [0.25, 0.3) is 21.6 Å². The molecule has 3 aromatic heterocycles. The van der Waals surface area contributed by atoms with Gasteiger partial charge in [-0.05, 0) is 62.1 Å². The highest BCUT2D eigenvalue weighted by atomic mass is 32.1. The average molecular weight is 422 g/mol. The molecule has 2 atom stereocenters. The Labute approximate surface area is 180 Å². The number of nitrogens with two attached hydrogens (primary N) is 1. The second-order valence-electron chi connectivity index (χ2n) is 8.71. The monoisotopic (exact) mass is 421 g/mol. The van der Waals surface area contributed by atoms with Crippen LogP contribution in [-0.2, 0) is 12.8 Å². The number of piperidine rings is 1. The van der Waals surface area contributed by atoms with Crippen molar-refractivity contribution in [3.63, 3.8) is 0 Å². The molecule has 30 heavy (non-hydrogen) atoms. The summed E-state index contributed by atoms with van der Waals surface area (Å²) in [4.78, 5) is 19.5. The molecular weight excluding hydrogens is 394 g/mol. The lowest BCUT2D eigenvalue weighted by Gasteiger charge is -2.35. The number of aryl methyl sites for hydroxylation is 2. The van der Waals surface area contributed by atoms with E-state index >= 15 is 0 Å². The van der Waals surface area contributed by atoms with Crippen LogP contribution in [0.15, 0.2) is 24.5 Å². The van der Waals surface area contributed by atoms with Gasteiger partial charge in [0, 0.05) is 42.0 Å². The first-order valence-corrected chi connectivity index (χ1v) is 11.8. The Bertz CT molecular complexity index is 1060. The molecule has 0 amide bonds. The number of anilines is 1. The molecule has 2 fully saturated rings. The van der Waals surface area contributed by atoms with E-state index in [1.165, 1.54) is 28.7 Å². The molecule has 2 unspecified atom stereocenters. The summed E-state index contributed by atoms with van der Waals surface area (Å²) in [5, 5.41) is 1.31. The minimum Gasteiger partial charge on any atom is -0.356 e. The fourth-order valence-electron chi connectivity index (χ4n) is 5.26. The highest BCUT2D eigenvalue weighted by molar-refractivity contribution is 7.19. The summed E-state index contributed by atoms with van der Waals surface area (Å²) in [6.45, 7) is 2.06. The molecule has 2 aliphatic heterocycles. The molecule has 6 rings (SSSR count). The van der Waals surface area contributed by atoms with Gasteiger partial charge >= 0.3 is 0 Å². The maximum Gasteiger partial charge on any atom is 0.164 e. The normalized spacial score (nSPS) is 24.6. The summed E-state index contributed by atoms with van der Waals surface area (Å²) < 4.78 is 0. The molecule has 0 saturated carbocycles. The lowest BCUT2D eigenvalue weighted by atomic mass is 9.88. The van der Waals surface area contributed by atoms with Crippen LogP contribution in [-0.4, -0.2) is 40.2 Å². The Kier molecular flexibility index (Phi) is 4.67. The molecule has 4 N–H and O–H groups in total. The summed E-state index contributed by atoms with van der Waals surface area (Å²) in [6.07, 6.45) is 10.6. The SMILES string of the molecule is NC1CC(C2CCN(c3nc(-c4cccnc4)nc4sc5c(c34)CCC5)CC2)NN1. The molecular formula is C22H27N7S. The number of nitrogens with one attached hydrogen (secondary N) is 2. The summed E-state index contributed by atoms with van der Waals surface area (Å²) in [5.74, 6) is 2.58. The van der Waals surface area contributed by atoms with Crippen LogP contribution < -0.4 is 21.5 Å². The third-order valence-corrected chi connectivity index (χ3v) is 8.02. The zero-order valence-electron chi connectivity index (χ0n) is 17.0. The van der Waals surface area contributed by atoms with E-state index < -0.39 is 0 Å². The second-order valence-corrected chi connectivity index (χ2v) is 9.80. The average Bonchev–Trinajstić information content (AvgIpc) is 3.50. The predicted molar refractivity (Wildman–Crippen MR) is 120 cm³/mol. The van der Waals surface area contributed by atoms with E-state index in [9.17, 15) is 0 Å². The first kappa shape index (κ1) is 18.6. The Morgan fingerprint density at radius 1 is 1.13 bits per heavy atom. The highest BCUT2D eigenvalue weighted by Crippen LogP contribution is 2.42. The number of rotatable bonds is 3. The van der Waals surface area contributed by atoms with Crippen molar-refractivity contribution < 1.29 is 0 Å². The van der Waals surface area contributed by atoms with Gasteiger partial charge in [-0.15, -0.1) is 11.3 Å². The zero-order valence-corrected chi connectivity index (χ0v) is 17.8. The van der Waals surface area contributed by atoms with Crippen LogP contribution >= 0.6 is 11.3 Å². The van der Waals surface area contributed by atoms with Crippen LogP contribution in [0, 0.1) is 5.92 Å². The number of nitrogens with zero attached hydrogens (tertiary/aromatic N) is 4. The van der Waals surface area contributed by atoms with E-state index in [1.807, 2.05) is 29.7 Å². The van der Waals surface area contributed by atoms with Crippen LogP contribution in [0.5, 0.6) is 0 Å². The molecule has 5 heterocycles. The molecule has 0 bridgehead atoms. The largest absolute Gasteiger partial charge is 0.356 e. The zero-order chi connectivity index (χ0) is 20.1. The molecule has 3 aliphatic rings. The standard InChI is InChI=1S/C22H27N7S/c23-18-11-16(27-28-18)13-6-9-29(10-7-13)21-19-15-4-1-5-17(15)30-22(19)26-20(25-21)14-3-2-8-24-12-14/h2-3,8,12-13,16,18,27-28H,1,4-7,9-11,23H2. The maximum absolute atomic E-state index is 6.02. The molecule has 0 aromatic carbocycles. The lowest BCUT2D eigenvalue weighted by molar-refractivity contribution is 0.310. The Morgan fingerprint density at radius 3 is 2.80 bits per heavy atom. The highest BCUT2D eigenvalue weighted by Gasteiger charge is 2.33. The van der Waals surface area contributed by atoms with Crippen molar-refractivity contribution in [3.05, 3.63) is 35.0 Å². The second kappa shape index (κ2) is 7.53. The smallest absolute Gasteiger partial charge is 0.164 e. The Morgan fingerprint density at radius 2 is 2.03 bits per heavy atom. The Balaban J connectivity index is 1.35. The minimum atomic E-state index is 0.0740. The van der Waals surface area contributed by atoms with Gasteiger partial charge in [0.1, 0.15) is 10.6 Å². The molecule has 3 aromatic rings. The van der Waals surface area contributed by atoms with Crippen LogP contribution in [0.2, 0.25) is 0 Å². The number of hydrogen-bond donors (Lipinski definition) is 3. The number of pyridine rings is 1. The van der Waals surface area contributed by atoms with E-state index in [2.05, 4.69) is 20.7 Å². The molecule has 7 nitrogen and oxygen atoms in total. The fraction of sp³-hybridized carbons (Fsp3) is 0.500. The summed E-state index contributed by atoms with van der Waals surface area (Å²) >= 11 is 1.86. The quantitative estimate of drug-likeness (QED) is 0.599. The van der Waals surface area contributed by atoms with Crippen molar-refractivity contribution in [2.75, 3.05) is 18.0 Å². The van der Waals surface area contributed by atoms with Gasteiger partial charge < -0.3 is 10.6 Å². The first-order chi connectivity index (χ1) is 14.8. The number of hydrogen-bond acceptors (Lipinski definition) is 8. The topological polar surface area (TPSA) is 92.0 Å². The number of thiophene rings is 1. The minimum absolute atomic E-state index is 0.0740. The summed E-state index contributed by atoms with van der Waals surface area (Å²) in [5.41, 5.74) is 15.1.